The Balaban J connectivity index is 2.39. The molecule has 0 amide bonds. The molecule has 0 radical (unpaired) electrons. The number of hydrogen-bond acceptors (Lipinski definition) is 5. The second-order valence-corrected chi connectivity index (χ2v) is 4.72. The molecule has 7 nitrogen and oxygen atoms in total. The lowest BCUT2D eigenvalue weighted by atomic mass is 10.5. The zero-order chi connectivity index (χ0) is 12.3. The SMILES string of the molecule is O=c1cc[nH]cc1S(=O)(=O)Nc1cnccn1. The number of H-pyrrole nitrogens is 1. The molecule has 0 aliphatic carbocycles. The number of sulfonamides is 1. The minimum atomic E-state index is -3.94. The van der Waals surface area contributed by atoms with Crippen molar-refractivity contribution in [3.05, 3.63) is 47.3 Å². The van der Waals surface area contributed by atoms with Crippen LogP contribution in [-0.2, 0) is 10.0 Å². The van der Waals surface area contributed by atoms with Gasteiger partial charge in [0.15, 0.2) is 10.7 Å². The van der Waals surface area contributed by atoms with Gasteiger partial charge in [-0.2, -0.15) is 0 Å². The van der Waals surface area contributed by atoms with E-state index in [0.717, 1.165) is 12.3 Å². The highest BCUT2D eigenvalue weighted by molar-refractivity contribution is 7.92. The smallest absolute Gasteiger partial charge is 0.268 e. The van der Waals surface area contributed by atoms with Crippen molar-refractivity contribution in [2.45, 2.75) is 4.90 Å². The molecule has 2 rings (SSSR count). The Bertz CT molecular complexity index is 666. The first-order chi connectivity index (χ1) is 8.09. The van der Waals surface area contributed by atoms with Crippen LogP contribution in [0, 0.1) is 0 Å². The second-order valence-electron chi connectivity index (χ2n) is 3.07. The van der Waals surface area contributed by atoms with Crippen molar-refractivity contribution in [3.63, 3.8) is 0 Å². The highest BCUT2D eigenvalue weighted by atomic mass is 32.2. The van der Waals surface area contributed by atoms with E-state index in [0.29, 0.717) is 0 Å². The third-order valence-corrected chi connectivity index (χ3v) is 3.26. The zero-order valence-corrected chi connectivity index (χ0v) is 9.31. The van der Waals surface area contributed by atoms with E-state index in [9.17, 15) is 13.2 Å². The summed E-state index contributed by atoms with van der Waals surface area (Å²) >= 11 is 0. The van der Waals surface area contributed by atoms with Crippen molar-refractivity contribution in [2.24, 2.45) is 0 Å². The van der Waals surface area contributed by atoms with Crippen molar-refractivity contribution < 1.29 is 8.42 Å². The summed E-state index contributed by atoms with van der Waals surface area (Å²) in [7, 11) is -3.94. The summed E-state index contributed by atoms with van der Waals surface area (Å²) in [5.74, 6) is 0.0516. The number of nitrogens with zero attached hydrogens (tertiary/aromatic N) is 2. The van der Waals surface area contributed by atoms with Gasteiger partial charge in [0.1, 0.15) is 0 Å². The maximum atomic E-state index is 11.8. The Morgan fingerprint density at radius 3 is 2.76 bits per heavy atom. The molecule has 0 atom stereocenters. The van der Waals surface area contributed by atoms with Crippen molar-refractivity contribution in [3.8, 4) is 0 Å². The van der Waals surface area contributed by atoms with Crippen molar-refractivity contribution in [1.29, 1.82) is 0 Å². The monoisotopic (exact) mass is 252 g/mol. The van der Waals surface area contributed by atoms with Gasteiger partial charge >= 0.3 is 0 Å². The molecule has 0 aliphatic rings. The van der Waals surface area contributed by atoms with E-state index in [-0.39, 0.29) is 10.7 Å². The summed E-state index contributed by atoms with van der Waals surface area (Å²) in [6.45, 7) is 0. The lowest BCUT2D eigenvalue weighted by Gasteiger charge is -2.05. The normalized spacial score (nSPS) is 11.1. The molecule has 0 aliphatic heterocycles. The first-order valence-corrected chi connectivity index (χ1v) is 6.04. The molecular weight excluding hydrogens is 244 g/mol. The molecule has 2 aromatic heterocycles. The fourth-order valence-corrected chi connectivity index (χ4v) is 2.20. The van der Waals surface area contributed by atoms with Gasteiger partial charge in [0.05, 0.1) is 6.20 Å². The summed E-state index contributed by atoms with van der Waals surface area (Å²) in [4.78, 5) is 21.0. The molecule has 0 saturated heterocycles. The summed E-state index contributed by atoms with van der Waals surface area (Å²) in [6.07, 6.45) is 6.46. The summed E-state index contributed by atoms with van der Waals surface area (Å²) < 4.78 is 25.8. The van der Waals surface area contributed by atoms with Crippen LogP contribution in [0.2, 0.25) is 0 Å². The number of aromatic amines is 1. The second kappa shape index (κ2) is 4.34. The molecule has 2 N–H and O–H groups in total. The predicted molar refractivity (Wildman–Crippen MR) is 59.9 cm³/mol. The molecule has 0 fully saturated rings. The maximum absolute atomic E-state index is 11.8. The first-order valence-electron chi connectivity index (χ1n) is 4.55. The van der Waals surface area contributed by atoms with Gasteiger partial charge in [-0.3, -0.25) is 14.5 Å². The van der Waals surface area contributed by atoms with Gasteiger partial charge in [0.2, 0.25) is 5.43 Å². The summed E-state index contributed by atoms with van der Waals surface area (Å²) in [5, 5.41) is 0. The van der Waals surface area contributed by atoms with Gasteiger partial charge in [-0.05, 0) is 0 Å². The van der Waals surface area contributed by atoms with Crippen LogP contribution >= 0.6 is 0 Å². The van der Waals surface area contributed by atoms with E-state index < -0.39 is 15.5 Å². The fraction of sp³-hybridized carbons (Fsp3) is 0. The maximum Gasteiger partial charge on any atom is 0.268 e. The Morgan fingerprint density at radius 2 is 2.12 bits per heavy atom. The molecule has 0 unspecified atom stereocenters. The number of pyridine rings is 1. The Morgan fingerprint density at radius 1 is 1.29 bits per heavy atom. The van der Waals surface area contributed by atoms with Gasteiger partial charge in [-0.25, -0.2) is 13.4 Å². The molecule has 0 saturated carbocycles. The summed E-state index contributed by atoms with van der Waals surface area (Å²) in [6, 6.07) is 1.13. The Kier molecular flexibility index (Phi) is 2.88. The van der Waals surface area contributed by atoms with Crippen molar-refractivity contribution >= 4 is 15.8 Å². The van der Waals surface area contributed by atoms with Crippen molar-refractivity contribution in [1.82, 2.24) is 15.0 Å². The van der Waals surface area contributed by atoms with Crippen LogP contribution in [0.4, 0.5) is 5.82 Å². The first kappa shape index (κ1) is 11.3. The van der Waals surface area contributed by atoms with Crippen LogP contribution in [-0.4, -0.2) is 23.4 Å². The predicted octanol–water partition coefficient (Wildman–Crippen LogP) is -0.0343. The minimum absolute atomic E-state index is 0.0516. The number of rotatable bonds is 3. The van der Waals surface area contributed by atoms with E-state index in [1.54, 1.807) is 0 Å². The van der Waals surface area contributed by atoms with Crippen LogP contribution in [0.3, 0.4) is 0 Å². The molecule has 2 heterocycles. The van der Waals surface area contributed by atoms with E-state index >= 15 is 0 Å². The Hall–Kier alpha value is -2.22. The largest absolute Gasteiger partial charge is 0.366 e. The molecule has 0 spiro atoms. The van der Waals surface area contributed by atoms with Gasteiger partial charge in [-0.15, -0.1) is 0 Å². The molecule has 88 valence electrons. The van der Waals surface area contributed by atoms with E-state index in [1.807, 2.05) is 0 Å². The standard InChI is InChI=1S/C9H8N4O3S/c14-7-1-2-10-5-8(7)17(15,16)13-9-6-11-3-4-12-9/h1-6H,(H,10,14)(H,12,13). The lowest BCUT2D eigenvalue weighted by molar-refractivity contribution is 0.600. The minimum Gasteiger partial charge on any atom is -0.366 e. The number of anilines is 1. The molecule has 0 bridgehead atoms. The summed E-state index contributed by atoms with van der Waals surface area (Å²) in [5.41, 5.74) is -0.597. The van der Waals surface area contributed by atoms with Gasteiger partial charge in [-0.1, -0.05) is 0 Å². The zero-order valence-electron chi connectivity index (χ0n) is 8.49. The molecule has 8 heteroatoms. The van der Waals surface area contributed by atoms with E-state index in [4.69, 9.17) is 0 Å². The average Bonchev–Trinajstić information content (AvgIpc) is 2.30. The van der Waals surface area contributed by atoms with E-state index in [1.165, 1.54) is 24.8 Å². The lowest BCUT2D eigenvalue weighted by Crippen LogP contribution is -2.21. The van der Waals surface area contributed by atoms with Crippen LogP contribution in [0.1, 0.15) is 0 Å². The highest BCUT2D eigenvalue weighted by Gasteiger charge is 2.18. The number of nitrogens with one attached hydrogen (secondary N) is 2. The molecule has 2 aromatic rings. The van der Waals surface area contributed by atoms with E-state index in [2.05, 4.69) is 19.7 Å². The van der Waals surface area contributed by atoms with Crippen LogP contribution in [0.15, 0.2) is 46.7 Å². The van der Waals surface area contributed by atoms with Crippen LogP contribution in [0.25, 0.3) is 0 Å². The molecular formula is C9H8N4O3S. The number of hydrogen-bond donors (Lipinski definition) is 2. The third kappa shape index (κ3) is 2.48. The highest BCUT2D eigenvalue weighted by Crippen LogP contribution is 2.07. The van der Waals surface area contributed by atoms with Gasteiger partial charge in [0.25, 0.3) is 10.0 Å². The third-order valence-electron chi connectivity index (χ3n) is 1.88. The van der Waals surface area contributed by atoms with Crippen LogP contribution < -0.4 is 10.2 Å². The van der Waals surface area contributed by atoms with Crippen LogP contribution in [0.5, 0.6) is 0 Å². The average molecular weight is 252 g/mol. The topological polar surface area (TPSA) is 105 Å². The number of aromatic nitrogens is 3. The van der Waals surface area contributed by atoms with Gasteiger partial charge in [0, 0.05) is 30.9 Å². The Labute approximate surface area is 96.6 Å². The fourth-order valence-electron chi connectivity index (χ4n) is 1.16. The quantitative estimate of drug-likeness (QED) is 0.797. The molecule has 17 heavy (non-hydrogen) atoms. The molecule has 0 aromatic carbocycles. The van der Waals surface area contributed by atoms with Gasteiger partial charge < -0.3 is 4.98 Å². The van der Waals surface area contributed by atoms with Crippen molar-refractivity contribution in [2.75, 3.05) is 4.72 Å².